The summed E-state index contributed by atoms with van der Waals surface area (Å²) in [4.78, 5) is 0. The summed E-state index contributed by atoms with van der Waals surface area (Å²) in [5.41, 5.74) is 6.40. The molecule has 0 radical (unpaired) electrons. The predicted octanol–water partition coefficient (Wildman–Crippen LogP) is 1.24. The Morgan fingerprint density at radius 1 is 1.13 bits per heavy atom. The fraction of sp³-hybridized carbons (Fsp3) is 1.00. The molecule has 3 heteroatoms. The fourth-order valence-corrected chi connectivity index (χ4v) is 2.22. The van der Waals surface area contributed by atoms with Gasteiger partial charge in [0.1, 0.15) is 0 Å². The average molecular weight is 213 g/mol. The lowest BCUT2D eigenvalue weighted by atomic mass is 9.82. The molecule has 0 aromatic rings. The second-order valence-corrected chi connectivity index (χ2v) is 5.21. The van der Waals surface area contributed by atoms with Gasteiger partial charge >= 0.3 is 0 Å². The zero-order valence-corrected chi connectivity index (χ0v) is 10.3. The summed E-state index contributed by atoms with van der Waals surface area (Å²) in [7, 11) is 0. The van der Waals surface area contributed by atoms with Crippen LogP contribution < -0.4 is 16.4 Å². The molecule has 1 aliphatic rings. The molecule has 1 fully saturated rings. The molecule has 1 saturated carbocycles. The molecule has 3 nitrogen and oxygen atoms in total. The number of hydrogen-bond donors (Lipinski definition) is 3. The number of hydrogen-bond acceptors (Lipinski definition) is 3. The van der Waals surface area contributed by atoms with Crippen molar-refractivity contribution in [3.63, 3.8) is 0 Å². The third-order valence-corrected chi connectivity index (χ3v) is 3.18. The molecule has 0 aliphatic heterocycles. The summed E-state index contributed by atoms with van der Waals surface area (Å²) in [6.07, 6.45) is 6.37. The van der Waals surface area contributed by atoms with Crippen LogP contribution in [0.4, 0.5) is 0 Å². The highest BCUT2D eigenvalue weighted by molar-refractivity contribution is 4.89. The molecule has 0 aromatic heterocycles. The molecule has 0 atom stereocenters. The maximum absolute atomic E-state index is 6.32. The lowest BCUT2D eigenvalue weighted by molar-refractivity contribution is 0.284. The highest BCUT2D eigenvalue weighted by Gasteiger charge is 2.26. The molecule has 4 N–H and O–H groups in total. The van der Waals surface area contributed by atoms with Gasteiger partial charge in [0, 0.05) is 31.2 Å². The van der Waals surface area contributed by atoms with Crippen molar-refractivity contribution in [2.24, 2.45) is 5.73 Å². The lowest BCUT2D eigenvalue weighted by Gasteiger charge is -2.33. The summed E-state index contributed by atoms with van der Waals surface area (Å²) < 4.78 is 0. The minimum atomic E-state index is 0.0794. The van der Waals surface area contributed by atoms with Crippen LogP contribution in [-0.2, 0) is 0 Å². The zero-order chi connectivity index (χ0) is 11.1. The van der Waals surface area contributed by atoms with E-state index in [-0.39, 0.29) is 5.54 Å². The Bertz CT molecular complexity index is 162. The molecule has 1 rings (SSSR count). The van der Waals surface area contributed by atoms with E-state index in [4.69, 9.17) is 5.73 Å². The Kier molecular flexibility index (Phi) is 5.58. The Labute approximate surface area is 94.2 Å². The van der Waals surface area contributed by atoms with E-state index in [1.54, 1.807) is 0 Å². The molecule has 1 aliphatic carbocycles. The van der Waals surface area contributed by atoms with Crippen LogP contribution in [0.25, 0.3) is 0 Å². The van der Waals surface area contributed by atoms with Crippen LogP contribution in [-0.4, -0.2) is 31.2 Å². The standard InChI is InChI=1S/C12H27N3/c1-11(2)15-9-8-14-10-12(13)6-4-3-5-7-12/h11,14-15H,3-10,13H2,1-2H3. The maximum Gasteiger partial charge on any atom is 0.0280 e. The van der Waals surface area contributed by atoms with Crippen molar-refractivity contribution in [1.29, 1.82) is 0 Å². The van der Waals surface area contributed by atoms with Gasteiger partial charge < -0.3 is 16.4 Å². The van der Waals surface area contributed by atoms with Crippen molar-refractivity contribution in [3.8, 4) is 0 Å². The molecule has 0 heterocycles. The first kappa shape index (κ1) is 12.9. The molecule has 0 spiro atoms. The van der Waals surface area contributed by atoms with E-state index < -0.39 is 0 Å². The summed E-state index contributed by atoms with van der Waals surface area (Å²) in [6, 6.07) is 0.577. The number of rotatable bonds is 6. The van der Waals surface area contributed by atoms with Gasteiger partial charge in [-0.05, 0) is 12.8 Å². The molecule has 15 heavy (non-hydrogen) atoms. The van der Waals surface area contributed by atoms with Crippen LogP contribution in [0.3, 0.4) is 0 Å². The van der Waals surface area contributed by atoms with Crippen molar-refractivity contribution in [1.82, 2.24) is 10.6 Å². The van der Waals surface area contributed by atoms with Gasteiger partial charge in [-0.25, -0.2) is 0 Å². The maximum atomic E-state index is 6.32. The van der Waals surface area contributed by atoms with Gasteiger partial charge in [-0.2, -0.15) is 0 Å². The highest BCUT2D eigenvalue weighted by Crippen LogP contribution is 2.24. The van der Waals surface area contributed by atoms with Crippen LogP contribution in [0, 0.1) is 0 Å². The van der Waals surface area contributed by atoms with Gasteiger partial charge in [0.2, 0.25) is 0 Å². The van der Waals surface area contributed by atoms with Crippen molar-refractivity contribution in [3.05, 3.63) is 0 Å². The quantitative estimate of drug-likeness (QED) is 0.582. The van der Waals surface area contributed by atoms with Gasteiger partial charge in [-0.3, -0.25) is 0 Å². The van der Waals surface area contributed by atoms with Crippen LogP contribution >= 0.6 is 0 Å². The van der Waals surface area contributed by atoms with Gasteiger partial charge in [-0.1, -0.05) is 33.1 Å². The third-order valence-electron chi connectivity index (χ3n) is 3.18. The predicted molar refractivity (Wildman–Crippen MR) is 66.0 cm³/mol. The Morgan fingerprint density at radius 3 is 2.40 bits per heavy atom. The van der Waals surface area contributed by atoms with Crippen LogP contribution in [0.15, 0.2) is 0 Å². The van der Waals surface area contributed by atoms with Crippen molar-refractivity contribution in [2.75, 3.05) is 19.6 Å². The van der Waals surface area contributed by atoms with E-state index >= 15 is 0 Å². The molecule has 0 bridgehead atoms. The summed E-state index contributed by atoms with van der Waals surface area (Å²) in [5, 5.41) is 6.86. The molecule has 90 valence electrons. The van der Waals surface area contributed by atoms with Gasteiger partial charge in [0.25, 0.3) is 0 Å². The first-order valence-corrected chi connectivity index (χ1v) is 6.35. The van der Waals surface area contributed by atoms with E-state index in [2.05, 4.69) is 24.5 Å². The SMILES string of the molecule is CC(C)NCCNCC1(N)CCCCC1. The topological polar surface area (TPSA) is 50.1 Å². The molecule has 0 aromatic carbocycles. The van der Waals surface area contributed by atoms with Crippen molar-refractivity contribution < 1.29 is 0 Å². The zero-order valence-electron chi connectivity index (χ0n) is 10.3. The van der Waals surface area contributed by atoms with Crippen LogP contribution in [0.2, 0.25) is 0 Å². The van der Waals surface area contributed by atoms with E-state index in [9.17, 15) is 0 Å². The molecule has 0 amide bonds. The Morgan fingerprint density at radius 2 is 1.80 bits per heavy atom. The van der Waals surface area contributed by atoms with E-state index in [1.807, 2.05) is 0 Å². The Balaban J connectivity index is 2.03. The van der Waals surface area contributed by atoms with Gasteiger partial charge in [-0.15, -0.1) is 0 Å². The summed E-state index contributed by atoms with van der Waals surface area (Å²) >= 11 is 0. The van der Waals surface area contributed by atoms with Crippen LogP contribution in [0.5, 0.6) is 0 Å². The summed E-state index contributed by atoms with van der Waals surface area (Å²) in [6.45, 7) is 7.38. The largest absolute Gasteiger partial charge is 0.324 e. The van der Waals surface area contributed by atoms with E-state index in [1.165, 1.54) is 32.1 Å². The Hall–Kier alpha value is -0.120. The van der Waals surface area contributed by atoms with Gasteiger partial charge in [0.05, 0.1) is 0 Å². The first-order valence-electron chi connectivity index (χ1n) is 6.35. The average Bonchev–Trinajstić information content (AvgIpc) is 2.17. The molecule has 0 saturated heterocycles. The smallest absolute Gasteiger partial charge is 0.0280 e. The molecule has 0 unspecified atom stereocenters. The highest BCUT2D eigenvalue weighted by atomic mass is 15.0. The second kappa shape index (κ2) is 6.46. The third kappa shape index (κ3) is 5.50. The monoisotopic (exact) mass is 213 g/mol. The first-order chi connectivity index (χ1) is 7.12. The number of nitrogens with one attached hydrogen (secondary N) is 2. The van der Waals surface area contributed by atoms with Gasteiger partial charge in [0.15, 0.2) is 0 Å². The lowest BCUT2D eigenvalue weighted by Crippen LogP contribution is -2.51. The summed E-state index contributed by atoms with van der Waals surface area (Å²) in [5.74, 6) is 0. The van der Waals surface area contributed by atoms with Crippen molar-refractivity contribution >= 4 is 0 Å². The molecular formula is C12H27N3. The molecular weight excluding hydrogens is 186 g/mol. The second-order valence-electron chi connectivity index (χ2n) is 5.21. The van der Waals surface area contributed by atoms with Crippen LogP contribution in [0.1, 0.15) is 46.0 Å². The minimum Gasteiger partial charge on any atom is -0.324 e. The number of nitrogens with two attached hydrogens (primary N) is 1. The van der Waals surface area contributed by atoms with E-state index in [0.29, 0.717) is 6.04 Å². The normalized spacial score (nSPS) is 20.8. The minimum absolute atomic E-state index is 0.0794. The fourth-order valence-electron chi connectivity index (χ4n) is 2.22. The van der Waals surface area contributed by atoms with E-state index in [0.717, 1.165) is 19.6 Å². The van der Waals surface area contributed by atoms with Crippen molar-refractivity contribution in [2.45, 2.75) is 57.5 Å².